The van der Waals surface area contributed by atoms with Gasteiger partial charge in [0.2, 0.25) is 0 Å². The Morgan fingerprint density at radius 2 is 1.79 bits per heavy atom. The Bertz CT molecular complexity index is 1410. The number of nitrogens with zero attached hydrogens (tertiary/aromatic N) is 3. The summed E-state index contributed by atoms with van der Waals surface area (Å²) in [4.78, 5) is 6.84. The van der Waals surface area contributed by atoms with Crippen LogP contribution in [0.5, 0.6) is 0 Å². The minimum Gasteiger partial charge on any atom is -0.467 e. The van der Waals surface area contributed by atoms with Crippen LogP contribution in [0.25, 0.3) is 16.5 Å². The molecule has 2 atom stereocenters. The van der Waals surface area contributed by atoms with Crippen LogP contribution in [0.4, 0.5) is 0 Å². The smallest absolute Gasteiger partial charge is 0.170 e. The number of benzene rings is 2. The number of rotatable bonds is 5. The number of aromatic nitrogens is 2. The van der Waals surface area contributed by atoms with E-state index >= 15 is 0 Å². The zero-order valence-corrected chi connectivity index (χ0v) is 18.7. The molecule has 0 amide bonds. The standard InChI is InChI=1S/C27H22N4OS/c33-27-29-25(23-10-3-4-14-28-23)26(31(27)18-22-9-6-16-32-22)24-11-5-15-30(24)21-13-12-19-7-1-2-8-20(19)17-21/h1-17,25-26H,18H2,(H,29,33). The molecule has 1 aliphatic heterocycles. The fourth-order valence-corrected chi connectivity index (χ4v) is 4.97. The van der Waals surface area contributed by atoms with Crippen molar-refractivity contribution in [3.8, 4) is 5.69 Å². The van der Waals surface area contributed by atoms with E-state index in [1.165, 1.54) is 10.8 Å². The molecular formula is C27H22N4OS. The molecule has 0 saturated carbocycles. The molecule has 3 aromatic heterocycles. The van der Waals surface area contributed by atoms with Gasteiger partial charge in [0.15, 0.2) is 5.11 Å². The maximum atomic E-state index is 5.80. The Morgan fingerprint density at radius 1 is 0.909 bits per heavy atom. The summed E-state index contributed by atoms with van der Waals surface area (Å²) in [7, 11) is 0. The number of furan rings is 1. The van der Waals surface area contributed by atoms with Gasteiger partial charge in [0.1, 0.15) is 5.76 Å². The lowest BCUT2D eigenvalue weighted by Gasteiger charge is -2.28. The third-order valence-electron chi connectivity index (χ3n) is 6.20. The van der Waals surface area contributed by atoms with E-state index in [9.17, 15) is 0 Å². The molecule has 1 fully saturated rings. The Kier molecular flexibility index (Phi) is 4.92. The van der Waals surface area contributed by atoms with Crippen molar-refractivity contribution in [3.63, 3.8) is 0 Å². The lowest BCUT2D eigenvalue weighted by atomic mass is 10.0. The van der Waals surface area contributed by atoms with Gasteiger partial charge < -0.3 is 19.2 Å². The third kappa shape index (κ3) is 3.58. The molecule has 4 heterocycles. The van der Waals surface area contributed by atoms with E-state index in [0.717, 1.165) is 22.8 Å². The fraction of sp³-hybridized carbons (Fsp3) is 0.111. The Morgan fingerprint density at radius 3 is 2.61 bits per heavy atom. The molecular weight excluding hydrogens is 428 g/mol. The molecule has 33 heavy (non-hydrogen) atoms. The lowest BCUT2D eigenvalue weighted by molar-refractivity contribution is 0.280. The normalized spacial score (nSPS) is 18.1. The molecule has 0 spiro atoms. The molecule has 162 valence electrons. The summed E-state index contributed by atoms with van der Waals surface area (Å²) >= 11 is 5.80. The molecule has 0 aliphatic carbocycles. The minimum atomic E-state index is -0.0808. The van der Waals surface area contributed by atoms with Gasteiger partial charge in [-0.15, -0.1) is 0 Å². The van der Waals surface area contributed by atoms with Crippen LogP contribution in [-0.2, 0) is 6.54 Å². The van der Waals surface area contributed by atoms with Gasteiger partial charge in [-0.25, -0.2) is 0 Å². The van der Waals surface area contributed by atoms with E-state index in [2.05, 4.69) is 80.6 Å². The fourth-order valence-electron chi connectivity index (χ4n) is 4.66. The van der Waals surface area contributed by atoms with Crippen LogP contribution in [0.1, 0.15) is 29.2 Å². The maximum Gasteiger partial charge on any atom is 0.170 e. The highest BCUT2D eigenvalue weighted by molar-refractivity contribution is 7.80. The van der Waals surface area contributed by atoms with Crippen LogP contribution in [0, 0.1) is 0 Å². The second kappa shape index (κ2) is 8.22. The van der Waals surface area contributed by atoms with Gasteiger partial charge >= 0.3 is 0 Å². The van der Waals surface area contributed by atoms with Crippen LogP contribution >= 0.6 is 12.2 Å². The molecule has 1 N–H and O–H groups in total. The van der Waals surface area contributed by atoms with Gasteiger partial charge in [-0.3, -0.25) is 4.98 Å². The first-order chi connectivity index (χ1) is 16.3. The Balaban J connectivity index is 1.46. The molecule has 5 nitrogen and oxygen atoms in total. The topological polar surface area (TPSA) is 46.2 Å². The van der Waals surface area contributed by atoms with Gasteiger partial charge in [-0.05, 0) is 71.5 Å². The third-order valence-corrected chi connectivity index (χ3v) is 6.55. The molecule has 5 aromatic rings. The average molecular weight is 451 g/mol. The summed E-state index contributed by atoms with van der Waals surface area (Å²) in [5.41, 5.74) is 3.21. The van der Waals surface area contributed by atoms with E-state index in [1.807, 2.05) is 36.5 Å². The summed E-state index contributed by atoms with van der Waals surface area (Å²) in [6.45, 7) is 0.579. The number of hydrogen-bond donors (Lipinski definition) is 1. The second-order valence-corrected chi connectivity index (χ2v) is 8.56. The molecule has 0 radical (unpaired) electrons. The molecule has 1 aliphatic rings. The molecule has 6 heteroatoms. The van der Waals surface area contributed by atoms with Crippen molar-refractivity contribution in [1.29, 1.82) is 0 Å². The quantitative estimate of drug-likeness (QED) is 0.343. The number of fused-ring (bicyclic) bond motifs is 1. The molecule has 0 bridgehead atoms. The van der Waals surface area contributed by atoms with Crippen molar-refractivity contribution < 1.29 is 4.42 Å². The Labute approximate surface area is 197 Å². The van der Waals surface area contributed by atoms with Crippen LogP contribution in [0.2, 0.25) is 0 Å². The molecule has 1 saturated heterocycles. The van der Waals surface area contributed by atoms with E-state index in [-0.39, 0.29) is 12.1 Å². The predicted octanol–water partition coefficient (Wildman–Crippen LogP) is 5.79. The van der Waals surface area contributed by atoms with E-state index in [4.69, 9.17) is 16.6 Å². The average Bonchev–Trinajstić information content (AvgIpc) is 3.61. The second-order valence-electron chi connectivity index (χ2n) is 8.17. The minimum absolute atomic E-state index is 0.0565. The zero-order valence-electron chi connectivity index (χ0n) is 17.8. The van der Waals surface area contributed by atoms with Crippen molar-refractivity contribution in [1.82, 2.24) is 19.8 Å². The summed E-state index contributed by atoms with van der Waals surface area (Å²) in [5.74, 6) is 0.870. The van der Waals surface area contributed by atoms with Crippen LogP contribution in [0.3, 0.4) is 0 Å². The summed E-state index contributed by atoms with van der Waals surface area (Å²) in [6.07, 6.45) is 5.64. The maximum absolute atomic E-state index is 5.80. The van der Waals surface area contributed by atoms with Gasteiger partial charge in [-0.2, -0.15) is 0 Å². The summed E-state index contributed by atoms with van der Waals surface area (Å²) in [6, 6.07) is 29.0. The largest absolute Gasteiger partial charge is 0.467 e. The van der Waals surface area contributed by atoms with Crippen molar-refractivity contribution in [2.75, 3.05) is 0 Å². The first-order valence-electron chi connectivity index (χ1n) is 10.9. The van der Waals surface area contributed by atoms with Gasteiger partial charge in [0.25, 0.3) is 0 Å². The number of pyridine rings is 1. The van der Waals surface area contributed by atoms with E-state index in [0.29, 0.717) is 11.7 Å². The molecule has 2 unspecified atom stereocenters. The highest BCUT2D eigenvalue weighted by Gasteiger charge is 2.41. The lowest BCUT2D eigenvalue weighted by Crippen LogP contribution is -2.29. The molecule has 2 aromatic carbocycles. The first-order valence-corrected chi connectivity index (χ1v) is 11.4. The van der Waals surface area contributed by atoms with Gasteiger partial charge in [0, 0.05) is 23.8 Å². The van der Waals surface area contributed by atoms with E-state index in [1.54, 1.807) is 6.26 Å². The number of thiocarbonyl (C=S) groups is 1. The van der Waals surface area contributed by atoms with Crippen molar-refractivity contribution in [3.05, 3.63) is 121 Å². The summed E-state index contributed by atoms with van der Waals surface area (Å²) in [5, 5.41) is 6.65. The summed E-state index contributed by atoms with van der Waals surface area (Å²) < 4.78 is 7.91. The highest BCUT2D eigenvalue weighted by atomic mass is 32.1. The molecule has 6 rings (SSSR count). The zero-order chi connectivity index (χ0) is 22.2. The van der Waals surface area contributed by atoms with Gasteiger partial charge in [-0.1, -0.05) is 36.4 Å². The first kappa shape index (κ1) is 19.8. The van der Waals surface area contributed by atoms with E-state index < -0.39 is 0 Å². The monoisotopic (exact) mass is 450 g/mol. The van der Waals surface area contributed by atoms with Gasteiger partial charge in [0.05, 0.1) is 30.6 Å². The van der Waals surface area contributed by atoms with Crippen molar-refractivity contribution in [2.24, 2.45) is 0 Å². The SMILES string of the molecule is S=C1NC(c2ccccn2)C(c2cccn2-c2ccc3ccccc3c2)N1Cc1ccco1. The predicted molar refractivity (Wildman–Crippen MR) is 133 cm³/mol. The van der Waals surface area contributed by atoms with Crippen LogP contribution in [0.15, 0.2) is 108 Å². The number of hydrogen-bond acceptors (Lipinski definition) is 3. The highest BCUT2D eigenvalue weighted by Crippen LogP contribution is 2.40. The van der Waals surface area contributed by atoms with Crippen molar-refractivity contribution >= 4 is 28.1 Å². The van der Waals surface area contributed by atoms with Crippen LogP contribution < -0.4 is 5.32 Å². The van der Waals surface area contributed by atoms with Crippen LogP contribution in [-0.4, -0.2) is 19.6 Å². The number of nitrogens with one attached hydrogen (secondary N) is 1. The van der Waals surface area contributed by atoms with Crippen molar-refractivity contribution in [2.45, 2.75) is 18.6 Å². The Hall–Kier alpha value is -3.90.